The molecule has 0 radical (unpaired) electrons. The van der Waals surface area contributed by atoms with Crippen molar-refractivity contribution in [3.05, 3.63) is 59.7 Å². The molecule has 0 spiro atoms. The Morgan fingerprint density at radius 2 is 1.48 bits per heavy atom. The van der Waals surface area contributed by atoms with Gasteiger partial charge in [-0.2, -0.15) is 0 Å². The Morgan fingerprint density at radius 1 is 1.00 bits per heavy atom. The molecule has 0 aliphatic rings. The first kappa shape index (κ1) is 17.2. The minimum atomic E-state index is -0.438. The molecular formula is C20H24O3. The lowest BCUT2D eigenvalue weighted by Crippen LogP contribution is -2.19. The summed E-state index contributed by atoms with van der Waals surface area (Å²) in [5, 5.41) is 9.79. The van der Waals surface area contributed by atoms with E-state index in [4.69, 9.17) is 4.74 Å². The summed E-state index contributed by atoms with van der Waals surface area (Å²) in [4.78, 5) is 12.2. The molecule has 1 atom stereocenters. The van der Waals surface area contributed by atoms with Gasteiger partial charge in [0.25, 0.3) is 0 Å². The van der Waals surface area contributed by atoms with Gasteiger partial charge in [0.15, 0.2) is 5.78 Å². The number of carbonyl (C=O) groups is 1. The highest BCUT2D eigenvalue weighted by Crippen LogP contribution is 2.26. The topological polar surface area (TPSA) is 46.5 Å². The van der Waals surface area contributed by atoms with Gasteiger partial charge in [-0.25, -0.2) is 0 Å². The minimum absolute atomic E-state index is 0.113. The lowest BCUT2D eigenvalue weighted by molar-refractivity contribution is 0.0858. The minimum Gasteiger partial charge on any atom is -0.457 e. The van der Waals surface area contributed by atoms with E-state index in [2.05, 4.69) is 0 Å². The Bertz CT molecular complexity index is 649. The molecule has 2 aromatic rings. The van der Waals surface area contributed by atoms with Crippen LogP contribution in [0, 0.1) is 5.41 Å². The number of hydrogen-bond acceptors (Lipinski definition) is 3. The zero-order chi connectivity index (χ0) is 17.0. The van der Waals surface area contributed by atoms with Crippen molar-refractivity contribution in [1.29, 1.82) is 0 Å². The standard InChI is InChI=1S/C20H24O3/c1-5-18(21)14-6-10-16(11-7-14)23-17-12-8-15(9-13-17)19(22)20(2,3)4/h6-13,18,21H,5H2,1-4H3. The van der Waals surface area contributed by atoms with Crippen LogP contribution in [0.4, 0.5) is 0 Å². The highest BCUT2D eigenvalue weighted by atomic mass is 16.5. The lowest BCUT2D eigenvalue weighted by atomic mass is 9.86. The van der Waals surface area contributed by atoms with E-state index in [1.807, 2.05) is 52.0 Å². The highest BCUT2D eigenvalue weighted by molar-refractivity contribution is 5.99. The van der Waals surface area contributed by atoms with Gasteiger partial charge in [-0.05, 0) is 48.4 Å². The third-order valence-corrected chi connectivity index (χ3v) is 3.68. The number of ketones is 1. The fraction of sp³-hybridized carbons (Fsp3) is 0.350. The molecule has 0 amide bonds. The van der Waals surface area contributed by atoms with Gasteiger partial charge in [0.1, 0.15) is 11.5 Å². The predicted molar refractivity (Wildman–Crippen MR) is 92.0 cm³/mol. The van der Waals surface area contributed by atoms with E-state index in [1.165, 1.54) is 0 Å². The monoisotopic (exact) mass is 312 g/mol. The molecule has 23 heavy (non-hydrogen) atoms. The van der Waals surface area contributed by atoms with Gasteiger partial charge in [0.2, 0.25) is 0 Å². The van der Waals surface area contributed by atoms with Crippen molar-refractivity contribution in [3.8, 4) is 11.5 Å². The Hall–Kier alpha value is -2.13. The maximum absolute atomic E-state index is 12.2. The second kappa shape index (κ2) is 6.97. The number of aliphatic hydroxyl groups excluding tert-OH is 1. The van der Waals surface area contributed by atoms with Crippen molar-refractivity contribution < 1.29 is 14.6 Å². The maximum Gasteiger partial charge on any atom is 0.168 e. The van der Waals surface area contributed by atoms with Crippen LogP contribution < -0.4 is 4.74 Å². The summed E-state index contributed by atoms with van der Waals surface area (Å²) >= 11 is 0. The zero-order valence-corrected chi connectivity index (χ0v) is 14.2. The SMILES string of the molecule is CCC(O)c1ccc(Oc2ccc(C(=O)C(C)(C)C)cc2)cc1. The van der Waals surface area contributed by atoms with E-state index in [-0.39, 0.29) is 5.78 Å². The fourth-order valence-electron chi connectivity index (χ4n) is 2.24. The van der Waals surface area contributed by atoms with Crippen molar-refractivity contribution in [2.24, 2.45) is 5.41 Å². The van der Waals surface area contributed by atoms with Crippen LogP contribution in [0.15, 0.2) is 48.5 Å². The van der Waals surface area contributed by atoms with Crippen LogP contribution in [-0.2, 0) is 0 Å². The number of rotatable bonds is 5. The van der Waals surface area contributed by atoms with Crippen molar-refractivity contribution in [3.63, 3.8) is 0 Å². The molecule has 1 N–H and O–H groups in total. The van der Waals surface area contributed by atoms with E-state index in [9.17, 15) is 9.90 Å². The van der Waals surface area contributed by atoms with Crippen molar-refractivity contribution in [2.75, 3.05) is 0 Å². The predicted octanol–water partition coefficient (Wildman–Crippen LogP) is 5.15. The molecule has 0 aromatic heterocycles. The number of hydrogen-bond donors (Lipinski definition) is 1. The number of benzene rings is 2. The van der Waals surface area contributed by atoms with Crippen LogP contribution in [0.5, 0.6) is 11.5 Å². The zero-order valence-electron chi connectivity index (χ0n) is 14.2. The van der Waals surface area contributed by atoms with Crippen molar-refractivity contribution in [1.82, 2.24) is 0 Å². The average Bonchev–Trinajstić information content (AvgIpc) is 2.54. The van der Waals surface area contributed by atoms with Crippen LogP contribution in [-0.4, -0.2) is 10.9 Å². The lowest BCUT2D eigenvalue weighted by Gasteiger charge is -2.16. The summed E-state index contributed by atoms with van der Waals surface area (Å²) in [5.41, 5.74) is 1.18. The average molecular weight is 312 g/mol. The molecule has 0 aliphatic heterocycles. The van der Waals surface area contributed by atoms with Gasteiger partial charge < -0.3 is 9.84 Å². The summed E-state index contributed by atoms with van der Waals surface area (Å²) in [5.74, 6) is 1.49. The van der Waals surface area contributed by atoms with Crippen LogP contribution in [0.2, 0.25) is 0 Å². The van der Waals surface area contributed by atoms with Crippen molar-refractivity contribution >= 4 is 5.78 Å². The van der Waals surface area contributed by atoms with Crippen LogP contribution in [0.25, 0.3) is 0 Å². The van der Waals surface area contributed by atoms with E-state index in [1.54, 1.807) is 24.3 Å². The summed E-state index contributed by atoms with van der Waals surface area (Å²) in [6.45, 7) is 7.67. The Morgan fingerprint density at radius 3 is 1.91 bits per heavy atom. The molecule has 3 nitrogen and oxygen atoms in total. The largest absolute Gasteiger partial charge is 0.457 e. The second-order valence-electron chi connectivity index (χ2n) is 6.70. The van der Waals surface area contributed by atoms with E-state index in [0.29, 0.717) is 23.5 Å². The third kappa shape index (κ3) is 4.42. The number of ether oxygens (including phenoxy) is 1. The number of carbonyl (C=O) groups excluding carboxylic acids is 1. The summed E-state index contributed by atoms with van der Waals surface area (Å²) in [7, 11) is 0. The van der Waals surface area contributed by atoms with E-state index in [0.717, 1.165) is 5.56 Å². The van der Waals surface area contributed by atoms with E-state index >= 15 is 0 Å². The first-order valence-corrected chi connectivity index (χ1v) is 7.92. The molecular weight excluding hydrogens is 288 g/mol. The molecule has 1 unspecified atom stereocenters. The van der Waals surface area contributed by atoms with Crippen LogP contribution in [0.1, 0.15) is 56.1 Å². The molecule has 122 valence electrons. The van der Waals surface area contributed by atoms with Gasteiger partial charge in [0, 0.05) is 11.0 Å². The molecule has 0 fully saturated rings. The molecule has 0 aliphatic carbocycles. The second-order valence-corrected chi connectivity index (χ2v) is 6.70. The molecule has 2 rings (SSSR count). The Kier molecular flexibility index (Phi) is 5.22. The fourth-order valence-corrected chi connectivity index (χ4v) is 2.24. The van der Waals surface area contributed by atoms with Gasteiger partial charge in [-0.15, -0.1) is 0 Å². The molecule has 3 heteroatoms. The maximum atomic E-state index is 12.2. The molecule has 0 saturated carbocycles. The van der Waals surface area contributed by atoms with Crippen LogP contribution in [0.3, 0.4) is 0 Å². The Labute approximate surface area is 137 Å². The molecule has 2 aromatic carbocycles. The van der Waals surface area contributed by atoms with Gasteiger partial charge in [-0.1, -0.05) is 39.8 Å². The molecule has 0 bridgehead atoms. The first-order chi connectivity index (χ1) is 10.8. The third-order valence-electron chi connectivity index (χ3n) is 3.68. The quantitative estimate of drug-likeness (QED) is 0.776. The van der Waals surface area contributed by atoms with Gasteiger partial charge in [-0.3, -0.25) is 4.79 Å². The highest BCUT2D eigenvalue weighted by Gasteiger charge is 2.22. The summed E-state index contributed by atoms with van der Waals surface area (Å²) < 4.78 is 5.77. The van der Waals surface area contributed by atoms with Crippen molar-refractivity contribution in [2.45, 2.75) is 40.2 Å². The smallest absolute Gasteiger partial charge is 0.168 e. The summed E-state index contributed by atoms with van der Waals surface area (Å²) in [6, 6.07) is 14.6. The molecule has 0 saturated heterocycles. The van der Waals surface area contributed by atoms with E-state index < -0.39 is 11.5 Å². The summed E-state index contributed by atoms with van der Waals surface area (Å²) in [6.07, 6.45) is 0.246. The first-order valence-electron chi connectivity index (χ1n) is 7.92. The number of Topliss-reactive ketones (excluding diaryl/α,β-unsaturated/α-hetero) is 1. The Balaban J connectivity index is 2.08. The van der Waals surface area contributed by atoms with Gasteiger partial charge >= 0.3 is 0 Å². The van der Waals surface area contributed by atoms with Gasteiger partial charge in [0.05, 0.1) is 6.10 Å². The number of aliphatic hydroxyl groups is 1. The molecule has 0 heterocycles. The van der Waals surface area contributed by atoms with Crippen LogP contribution >= 0.6 is 0 Å². The normalized spacial score (nSPS) is 12.7.